The smallest absolute Gasteiger partial charge is 0.191 e. The Balaban J connectivity index is 0.00000196. The van der Waals surface area contributed by atoms with Gasteiger partial charge in [0.05, 0.1) is 6.54 Å². The summed E-state index contributed by atoms with van der Waals surface area (Å²) in [5, 5.41) is 6.39. The number of unbranched alkanes of at least 4 members (excludes halogenated alkanes) is 2. The van der Waals surface area contributed by atoms with Gasteiger partial charge >= 0.3 is 0 Å². The Morgan fingerprint density at radius 3 is 2.93 bits per heavy atom. The predicted octanol–water partition coefficient (Wildman–Crippen LogP) is 1.51. The Morgan fingerprint density at radius 1 is 1.53 bits per heavy atom. The van der Waals surface area contributed by atoms with Crippen LogP contribution in [0.2, 0.25) is 0 Å². The minimum absolute atomic E-state index is 0. The SMILES string of the molecule is C#CCCCCNC1=NCC(=C)CN1.I. The van der Waals surface area contributed by atoms with Crippen molar-refractivity contribution in [3.63, 3.8) is 0 Å². The van der Waals surface area contributed by atoms with Crippen LogP contribution in [0.4, 0.5) is 0 Å². The van der Waals surface area contributed by atoms with Crippen LogP contribution in [0, 0.1) is 12.3 Å². The van der Waals surface area contributed by atoms with Gasteiger partial charge in [0, 0.05) is 19.5 Å². The molecule has 1 aliphatic heterocycles. The van der Waals surface area contributed by atoms with Crippen LogP contribution in [0.1, 0.15) is 19.3 Å². The summed E-state index contributed by atoms with van der Waals surface area (Å²) in [7, 11) is 0. The van der Waals surface area contributed by atoms with Crippen molar-refractivity contribution in [2.75, 3.05) is 19.6 Å². The first kappa shape index (κ1) is 14.3. The third kappa shape index (κ3) is 6.39. The van der Waals surface area contributed by atoms with E-state index in [2.05, 4.69) is 28.1 Å². The number of rotatable bonds is 4. The first-order valence-corrected chi connectivity index (χ1v) is 4.95. The van der Waals surface area contributed by atoms with Crippen LogP contribution in [-0.2, 0) is 0 Å². The molecule has 84 valence electrons. The van der Waals surface area contributed by atoms with Crippen molar-refractivity contribution in [2.24, 2.45) is 4.99 Å². The van der Waals surface area contributed by atoms with Crippen molar-refractivity contribution in [3.05, 3.63) is 12.2 Å². The molecule has 3 nitrogen and oxygen atoms in total. The van der Waals surface area contributed by atoms with Crippen molar-refractivity contribution < 1.29 is 0 Å². The highest BCUT2D eigenvalue weighted by Gasteiger charge is 2.04. The molecule has 0 atom stereocenters. The molecule has 4 heteroatoms. The van der Waals surface area contributed by atoms with Crippen LogP contribution in [0.15, 0.2) is 17.1 Å². The normalized spacial score (nSPS) is 14.3. The highest BCUT2D eigenvalue weighted by molar-refractivity contribution is 14.0. The Hall–Kier alpha value is -0.700. The third-order valence-electron chi connectivity index (χ3n) is 2.01. The average molecular weight is 319 g/mol. The molecule has 0 radical (unpaired) electrons. The van der Waals surface area contributed by atoms with Gasteiger partial charge < -0.3 is 10.6 Å². The fourth-order valence-electron chi connectivity index (χ4n) is 1.19. The van der Waals surface area contributed by atoms with Gasteiger partial charge in [-0.25, -0.2) is 4.99 Å². The summed E-state index contributed by atoms with van der Waals surface area (Å²) in [6, 6.07) is 0. The molecule has 0 fully saturated rings. The molecule has 1 rings (SSSR count). The van der Waals surface area contributed by atoms with Gasteiger partial charge in [-0.15, -0.1) is 36.3 Å². The second kappa shape index (κ2) is 8.60. The van der Waals surface area contributed by atoms with Gasteiger partial charge in [0.1, 0.15) is 0 Å². The number of guanidine groups is 1. The van der Waals surface area contributed by atoms with E-state index in [9.17, 15) is 0 Å². The molecular weight excluding hydrogens is 301 g/mol. The van der Waals surface area contributed by atoms with Gasteiger partial charge in [-0.3, -0.25) is 0 Å². The van der Waals surface area contributed by atoms with Crippen LogP contribution >= 0.6 is 24.0 Å². The van der Waals surface area contributed by atoms with Crippen LogP contribution < -0.4 is 10.6 Å². The lowest BCUT2D eigenvalue weighted by Crippen LogP contribution is -2.41. The zero-order valence-corrected chi connectivity index (χ0v) is 11.2. The highest BCUT2D eigenvalue weighted by atomic mass is 127. The zero-order chi connectivity index (χ0) is 10.2. The fourth-order valence-corrected chi connectivity index (χ4v) is 1.19. The summed E-state index contributed by atoms with van der Waals surface area (Å²) in [6.45, 7) is 6.35. The number of aliphatic imine (C=N–C) groups is 1. The summed E-state index contributed by atoms with van der Waals surface area (Å²) < 4.78 is 0. The number of hydrogen-bond acceptors (Lipinski definition) is 3. The molecule has 0 aromatic rings. The quantitative estimate of drug-likeness (QED) is 0.357. The van der Waals surface area contributed by atoms with E-state index in [1.807, 2.05) is 0 Å². The first-order valence-electron chi connectivity index (χ1n) is 4.95. The van der Waals surface area contributed by atoms with E-state index in [1.54, 1.807) is 0 Å². The molecule has 0 spiro atoms. The summed E-state index contributed by atoms with van der Waals surface area (Å²) in [5.74, 6) is 3.51. The number of terminal acetylenes is 1. The number of nitrogens with zero attached hydrogens (tertiary/aromatic N) is 1. The summed E-state index contributed by atoms with van der Waals surface area (Å²) in [4.78, 5) is 4.28. The molecule has 0 amide bonds. The fraction of sp³-hybridized carbons (Fsp3) is 0.545. The van der Waals surface area contributed by atoms with Crippen LogP contribution in [-0.4, -0.2) is 25.6 Å². The van der Waals surface area contributed by atoms with Crippen molar-refractivity contribution >= 4 is 29.9 Å². The van der Waals surface area contributed by atoms with E-state index in [0.717, 1.165) is 50.4 Å². The van der Waals surface area contributed by atoms with Gasteiger partial charge in [0.15, 0.2) is 5.96 Å². The predicted molar refractivity (Wildman–Crippen MR) is 75.5 cm³/mol. The lowest BCUT2D eigenvalue weighted by molar-refractivity contribution is 0.704. The summed E-state index contributed by atoms with van der Waals surface area (Å²) >= 11 is 0. The van der Waals surface area contributed by atoms with Crippen molar-refractivity contribution in [2.45, 2.75) is 19.3 Å². The van der Waals surface area contributed by atoms with Crippen LogP contribution in [0.3, 0.4) is 0 Å². The van der Waals surface area contributed by atoms with Crippen molar-refractivity contribution in [1.29, 1.82) is 0 Å². The molecule has 0 unspecified atom stereocenters. The molecule has 0 aliphatic carbocycles. The van der Waals surface area contributed by atoms with Crippen molar-refractivity contribution in [1.82, 2.24) is 10.6 Å². The van der Waals surface area contributed by atoms with Gasteiger partial charge in [-0.2, -0.15) is 0 Å². The lowest BCUT2D eigenvalue weighted by atomic mass is 10.2. The molecule has 0 bridgehead atoms. The van der Waals surface area contributed by atoms with E-state index in [-0.39, 0.29) is 24.0 Å². The number of nitrogens with one attached hydrogen (secondary N) is 2. The maximum atomic E-state index is 5.15. The Kier molecular flexibility index (Phi) is 8.19. The van der Waals surface area contributed by atoms with E-state index in [1.165, 1.54) is 0 Å². The summed E-state index contributed by atoms with van der Waals surface area (Å²) in [6.07, 6.45) is 8.17. The Labute approximate surface area is 109 Å². The molecule has 15 heavy (non-hydrogen) atoms. The van der Waals surface area contributed by atoms with E-state index >= 15 is 0 Å². The minimum atomic E-state index is 0. The molecule has 0 aromatic heterocycles. The van der Waals surface area contributed by atoms with Gasteiger partial charge in [0.2, 0.25) is 0 Å². The lowest BCUT2D eigenvalue weighted by Gasteiger charge is -2.17. The molecule has 1 aliphatic rings. The molecule has 0 aromatic carbocycles. The molecule has 0 saturated heterocycles. The standard InChI is InChI=1S/C11H17N3.HI/c1-3-4-5-6-7-12-11-13-8-10(2)9-14-11;/h1H,2,4-9H2,(H2,12,13,14);1H. The molecule has 2 N–H and O–H groups in total. The summed E-state index contributed by atoms with van der Waals surface area (Å²) in [5.41, 5.74) is 1.13. The number of halogens is 1. The number of hydrogen-bond donors (Lipinski definition) is 2. The molecular formula is C11H18IN3. The second-order valence-corrected chi connectivity index (χ2v) is 3.36. The Morgan fingerprint density at radius 2 is 2.33 bits per heavy atom. The second-order valence-electron chi connectivity index (χ2n) is 3.36. The maximum absolute atomic E-state index is 5.15. The van der Waals surface area contributed by atoms with Crippen molar-refractivity contribution in [3.8, 4) is 12.3 Å². The topological polar surface area (TPSA) is 36.4 Å². The largest absolute Gasteiger partial charge is 0.356 e. The molecule has 0 saturated carbocycles. The van der Waals surface area contributed by atoms with Gasteiger partial charge in [-0.1, -0.05) is 6.58 Å². The molecule has 1 heterocycles. The van der Waals surface area contributed by atoms with E-state index < -0.39 is 0 Å². The van der Waals surface area contributed by atoms with Gasteiger partial charge in [0.25, 0.3) is 0 Å². The maximum Gasteiger partial charge on any atom is 0.191 e. The van der Waals surface area contributed by atoms with Crippen LogP contribution in [0.25, 0.3) is 0 Å². The van der Waals surface area contributed by atoms with Crippen LogP contribution in [0.5, 0.6) is 0 Å². The van der Waals surface area contributed by atoms with E-state index in [0.29, 0.717) is 0 Å². The zero-order valence-electron chi connectivity index (χ0n) is 8.88. The van der Waals surface area contributed by atoms with Gasteiger partial charge in [-0.05, 0) is 18.4 Å². The monoisotopic (exact) mass is 319 g/mol. The highest BCUT2D eigenvalue weighted by Crippen LogP contribution is 1.95. The van der Waals surface area contributed by atoms with E-state index in [4.69, 9.17) is 6.42 Å². The minimum Gasteiger partial charge on any atom is -0.356 e. The first-order chi connectivity index (χ1) is 6.83. The Bertz CT molecular complexity index is 265. The average Bonchev–Trinajstić information content (AvgIpc) is 2.21. The third-order valence-corrected chi connectivity index (χ3v) is 2.01.